The monoisotopic (exact) mass is 569 g/mol. The SMILES string of the molecule is C[C@H](NC(=O)CNC(=O)OCC1c2ccccc2-c2ccccc21)C(=O)Nc1ccc(B2OC(C)(C)C(C)(C)O2)cc1. The van der Waals surface area contributed by atoms with Gasteiger partial charge in [-0.25, -0.2) is 4.79 Å². The van der Waals surface area contributed by atoms with Crippen LogP contribution >= 0.6 is 0 Å². The molecule has 1 atom stereocenters. The van der Waals surface area contributed by atoms with E-state index in [9.17, 15) is 14.4 Å². The summed E-state index contributed by atoms with van der Waals surface area (Å²) in [7, 11) is -0.498. The van der Waals surface area contributed by atoms with Crippen LogP contribution in [0.25, 0.3) is 11.1 Å². The van der Waals surface area contributed by atoms with Crippen LogP contribution in [0.2, 0.25) is 0 Å². The van der Waals surface area contributed by atoms with Gasteiger partial charge in [-0.2, -0.15) is 0 Å². The van der Waals surface area contributed by atoms with Gasteiger partial charge in [0.2, 0.25) is 11.8 Å². The minimum absolute atomic E-state index is 0.0772. The number of fused-ring (bicyclic) bond motifs is 3. The molecule has 0 saturated carbocycles. The van der Waals surface area contributed by atoms with Crippen molar-refractivity contribution in [2.24, 2.45) is 0 Å². The second-order valence-electron chi connectivity index (χ2n) is 11.7. The zero-order chi connectivity index (χ0) is 30.1. The first-order chi connectivity index (χ1) is 19.9. The average molecular weight is 569 g/mol. The number of alkyl carbamates (subject to hydrolysis) is 1. The molecule has 1 aliphatic carbocycles. The predicted octanol–water partition coefficient (Wildman–Crippen LogP) is 3.97. The van der Waals surface area contributed by atoms with Gasteiger partial charge in [0, 0.05) is 11.6 Å². The Morgan fingerprint density at radius 2 is 1.40 bits per heavy atom. The van der Waals surface area contributed by atoms with Crippen LogP contribution in [0.5, 0.6) is 0 Å². The summed E-state index contributed by atoms with van der Waals surface area (Å²) in [6.07, 6.45) is -0.703. The molecule has 42 heavy (non-hydrogen) atoms. The maximum atomic E-state index is 12.7. The van der Waals surface area contributed by atoms with Gasteiger partial charge in [0.15, 0.2) is 0 Å². The molecule has 3 aromatic rings. The summed E-state index contributed by atoms with van der Waals surface area (Å²) >= 11 is 0. The number of hydrogen-bond acceptors (Lipinski definition) is 6. The highest BCUT2D eigenvalue weighted by Crippen LogP contribution is 2.44. The molecule has 0 radical (unpaired) electrons. The van der Waals surface area contributed by atoms with E-state index in [2.05, 4.69) is 28.1 Å². The van der Waals surface area contributed by atoms with Crippen LogP contribution < -0.4 is 21.4 Å². The molecule has 3 N–H and O–H groups in total. The lowest BCUT2D eigenvalue weighted by Gasteiger charge is -2.32. The van der Waals surface area contributed by atoms with E-state index < -0.39 is 42.3 Å². The average Bonchev–Trinajstić information content (AvgIpc) is 3.39. The maximum Gasteiger partial charge on any atom is 0.494 e. The van der Waals surface area contributed by atoms with Gasteiger partial charge in [-0.05, 0) is 74.5 Å². The Labute approximate surface area is 246 Å². The number of amides is 3. The van der Waals surface area contributed by atoms with Crippen molar-refractivity contribution in [2.75, 3.05) is 18.5 Å². The maximum absolute atomic E-state index is 12.7. The van der Waals surface area contributed by atoms with E-state index in [1.165, 1.54) is 0 Å². The van der Waals surface area contributed by atoms with Crippen LogP contribution in [0, 0.1) is 0 Å². The number of carbonyl (C=O) groups excluding carboxylic acids is 3. The Morgan fingerprint density at radius 3 is 1.98 bits per heavy atom. The van der Waals surface area contributed by atoms with Crippen LogP contribution in [-0.2, 0) is 23.6 Å². The first kappa shape index (κ1) is 29.4. The van der Waals surface area contributed by atoms with E-state index in [4.69, 9.17) is 14.0 Å². The van der Waals surface area contributed by atoms with Crippen molar-refractivity contribution in [1.29, 1.82) is 0 Å². The second-order valence-corrected chi connectivity index (χ2v) is 11.7. The summed E-state index contributed by atoms with van der Waals surface area (Å²) in [4.78, 5) is 37.4. The second kappa shape index (κ2) is 11.6. The molecule has 1 fully saturated rings. The van der Waals surface area contributed by atoms with Crippen molar-refractivity contribution in [1.82, 2.24) is 10.6 Å². The van der Waals surface area contributed by atoms with E-state index in [1.807, 2.05) is 76.2 Å². The third-order valence-corrected chi connectivity index (χ3v) is 8.21. The molecule has 2 aliphatic rings. The molecule has 1 heterocycles. The Morgan fingerprint density at radius 1 is 0.857 bits per heavy atom. The van der Waals surface area contributed by atoms with Crippen LogP contribution in [0.15, 0.2) is 72.8 Å². The van der Waals surface area contributed by atoms with Gasteiger partial charge in [-0.1, -0.05) is 60.7 Å². The molecule has 3 aromatic carbocycles. The van der Waals surface area contributed by atoms with Crippen LogP contribution in [0.1, 0.15) is 51.7 Å². The Kier molecular flexibility index (Phi) is 8.12. The smallest absolute Gasteiger partial charge is 0.449 e. The number of rotatable bonds is 8. The van der Waals surface area contributed by atoms with E-state index in [1.54, 1.807) is 19.1 Å². The molecule has 5 rings (SSSR count). The molecule has 0 bridgehead atoms. The molecule has 0 unspecified atom stereocenters. The largest absolute Gasteiger partial charge is 0.494 e. The summed E-state index contributed by atoms with van der Waals surface area (Å²) in [6, 6.07) is 22.5. The molecule has 0 spiro atoms. The Balaban J connectivity index is 1.06. The van der Waals surface area contributed by atoms with E-state index >= 15 is 0 Å². The summed E-state index contributed by atoms with van der Waals surface area (Å²) in [6.45, 7) is 9.36. The summed E-state index contributed by atoms with van der Waals surface area (Å²) in [5.74, 6) is -0.984. The number of benzene rings is 3. The fourth-order valence-corrected chi connectivity index (χ4v) is 5.11. The first-order valence-electron chi connectivity index (χ1n) is 14.1. The quantitative estimate of drug-likeness (QED) is 0.354. The van der Waals surface area contributed by atoms with Gasteiger partial charge < -0.3 is 30.0 Å². The van der Waals surface area contributed by atoms with E-state index in [-0.39, 0.29) is 19.1 Å². The van der Waals surface area contributed by atoms with Crippen LogP contribution in [0.3, 0.4) is 0 Å². The summed E-state index contributed by atoms with van der Waals surface area (Å²) in [5.41, 5.74) is 4.99. The molecule has 1 aliphatic heterocycles. The van der Waals surface area contributed by atoms with E-state index in [0.29, 0.717) is 5.69 Å². The van der Waals surface area contributed by atoms with Crippen LogP contribution in [-0.4, -0.2) is 55.4 Å². The molecule has 1 saturated heterocycles. The molecule has 3 amide bonds. The zero-order valence-corrected chi connectivity index (χ0v) is 24.5. The third kappa shape index (κ3) is 6.05. The highest BCUT2D eigenvalue weighted by molar-refractivity contribution is 6.62. The molecule has 9 nitrogen and oxygen atoms in total. The number of anilines is 1. The lowest BCUT2D eigenvalue weighted by Crippen LogP contribution is -2.46. The van der Waals surface area contributed by atoms with Crippen molar-refractivity contribution < 1.29 is 28.4 Å². The molecule has 0 aromatic heterocycles. The topological polar surface area (TPSA) is 115 Å². The molecule has 218 valence electrons. The molecular weight excluding hydrogens is 533 g/mol. The molecular formula is C32H36BN3O6. The predicted molar refractivity (Wildman–Crippen MR) is 161 cm³/mol. The van der Waals surface area contributed by atoms with Crippen molar-refractivity contribution in [3.05, 3.63) is 83.9 Å². The van der Waals surface area contributed by atoms with Gasteiger partial charge >= 0.3 is 13.2 Å². The Bertz CT molecular complexity index is 1430. The molecule has 10 heteroatoms. The number of carbonyl (C=O) groups is 3. The highest BCUT2D eigenvalue weighted by Gasteiger charge is 2.51. The Hall–Kier alpha value is -4.15. The standard InChI is InChI=1S/C32H36BN3O6/c1-20(29(38)36-22-16-14-21(15-17-22)33-41-31(2,3)32(4,5)42-33)35-28(37)18-34-30(39)40-19-27-25-12-8-6-10-23(25)24-11-7-9-13-26(24)27/h6-17,20,27H,18-19H2,1-5H3,(H,34,39)(H,35,37)(H,36,38)/t20-/m0/s1. The van der Waals surface area contributed by atoms with Crippen molar-refractivity contribution >= 4 is 36.2 Å². The lowest BCUT2D eigenvalue weighted by molar-refractivity contribution is -0.125. The van der Waals surface area contributed by atoms with Crippen LogP contribution in [0.4, 0.5) is 10.5 Å². The summed E-state index contributed by atoms with van der Waals surface area (Å²) in [5, 5.41) is 7.84. The van der Waals surface area contributed by atoms with Crippen molar-refractivity contribution in [3.63, 3.8) is 0 Å². The van der Waals surface area contributed by atoms with Gasteiger partial charge in [-0.3, -0.25) is 9.59 Å². The highest BCUT2D eigenvalue weighted by atomic mass is 16.7. The fraction of sp³-hybridized carbons (Fsp3) is 0.344. The number of hydrogen-bond donors (Lipinski definition) is 3. The fourth-order valence-electron chi connectivity index (χ4n) is 5.11. The number of nitrogens with one attached hydrogen (secondary N) is 3. The van der Waals surface area contributed by atoms with Crippen molar-refractivity contribution in [2.45, 2.75) is 57.8 Å². The van der Waals surface area contributed by atoms with Gasteiger partial charge in [-0.15, -0.1) is 0 Å². The van der Waals surface area contributed by atoms with Gasteiger partial charge in [0.05, 0.1) is 11.2 Å². The minimum Gasteiger partial charge on any atom is -0.449 e. The summed E-state index contributed by atoms with van der Waals surface area (Å²) < 4.78 is 17.6. The third-order valence-electron chi connectivity index (χ3n) is 8.21. The van der Waals surface area contributed by atoms with E-state index in [0.717, 1.165) is 27.7 Å². The normalized spacial score (nSPS) is 17.1. The zero-order valence-electron chi connectivity index (χ0n) is 24.5. The van der Waals surface area contributed by atoms with Crippen molar-refractivity contribution in [3.8, 4) is 11.1 Å². The first-order valence-corrected chi connectivity index (χ1v) is 14.1. The van der Waals surface area contributed by atoms with Gasteiger partial charge in [0.1, 0.15) is 19.2 Å². The number of ether oxygens (including phenoxy) is 1. The lowest BCUT2D eigenvalue weighted by atomic mass is 9.79. The minimum atomic E-state index is -0.829. The van der Waals surface area contributed by atoms with Gasteiger partial charge in [0.25, 0.3) is 0 Å².